The number of amides is 3. The number of nitrogens with one attached hydrogen (secondary N) is 2. The number of phenolic OH excluding ortho intramolecular Hbond substituents is 1. The lowest BCUT2D eigenvalue weighted by Crippen LogP contribution is -2.57. The number of hydrogen-bond donors (Lipinski definition) is 7. The predicted molar refractivity (Wildman–Crippen MR) is 96.8 cm³/mol. The number of carbonyl (C=O) groups is 4. The van der Waals surface area contributed by atoms with Crippen LogP contribution in [-0.4, -0.2) is 63.2 Å². The standard InChI is InChI=1S/C17H24N4O7/c1-8(22)14(17(27)28)21-16(26)12(7-13(19)24)20-15(25)11(18)6-9-2-4-10(23)5-3-9/h2-5,8,11-12,14,22-23H,6-7,18H2,1H3,(H2,19,24)(H,20,25)(H,21,26)(H,27,28). The van der Waals surface area contributed by atoms with Crippen molar-refractivity contribution < 1.29 is 34.5 Å². The molecule has 0 aliphatic heterocycles. The third-order valence-corrected chi connectivity index (χ3v) is 3.81. The third kappa shape index (κ3) is 7.21. The molecule has 3 amide bonds. The Labute approximate surface area is 160 Å². The first-order valence-corrected chi connectivity index (χ1v) is 8.34. The van der Waals surface area contributed by atoms with Crippen molar-refractivity contribution in [1.29, 1.82) is 0 Å². The molecular weight excluding hydrogens is 372 g/mol. The van der Waals surface area contributed by atoms with E-state index in [1.807, 2.05) is 5.32 Å². The number of primary amides is 1. The molecule has 0 spiro atoms. The molecule has 0 bridgehead atoms. The van der Waals surface area contributed by atoms with Crippen LogP contribution in [0, 0.1) is 0 Å². The van der Waals surface area contributed by atoms with Crippen LogP contribution in [0.15, 0.2) is 24.3 Å². The Hall–Kier alpha value is -3.18. The quantitative estimate of drug-likeness (QED) is 0.226. The molecule has 1 rings (SSSR count). The zero-order valence-electron chi connectivity index (χ0n) is 15.2. The van der Waals surface area contributed by atoms with Gasteiger partial charge in [0.25, 0.3) is 0 Å². The summed E-state index contributed by atoms with van der Waals surface area (Å²) in [6.45, 7) is 1.16. The van der Waals surface area contributed by atoms with E-state index in [1.165, 1.54) is 12.1 Å². The van der Waals surface area contributed by atoms with Gasteiger partial charge in [0.1, 0.15) is 11.8 Å². The molecule has 0 saturated heterocycles. The van der Waals surface area contributed by atoms with Crippen molar-refractivity contribution >= 4 is 23.7 Å². The van der Waals surface area contributed by atoms with E-state index in [4.69, 9.17) is 16.6 Å². The molecule has 0 saturated carbocycles. The first-order chi connectivity index (χ1) is 13.0. The maximum Gasteiger partial charge on any atom is 0.328 e. The highest BCUT2D eigenvalue weighted by molar-refractivity contribution is 5.94. The van der Waals surface area contributed by atoms with Crippen molar-refractivity contribution in [3.63, 3.8) is 0 Å². The molecule has 154 valence electrons. The summed E-state index contributed by atoms with van der Waals surface area (Å²) in [6.07, 6.45) is -1.92. The zero-order valence-corrected chi connectivity index (χ0v) is 15.2. The second-order valence-electron chi connectivity index (χ2n) is 6.27. The molecular formula is C17H24N4O7. The topological polar surface area (TPSA) is 205 Å². The molecule has 11 heteroatoms. The molecule has 11 nitrogen and oxygen atoms in total. The first kappa shape index (κ1) is 22.9. The number of benzene rings is 1. The maximum atomic E-state index is 12.3. The second-order valence-corrected chi connectivity index (χ2v) is 6.27. The van der Waals surface area contributed by atoms with Gasteiger partial charge >= 0.3 is 5.97 Å². The van der Waals surface area contributed by atoms with Crippen LogP contribution in [0.2, 0.25) is 0 Å². The van der Waals surface area contributed by atoms with Crippen LogP contribution in [0.4, 0.5) is 0 Å². The average Bonchev–Trinajstić information content (AvgIpc) is 2.59. The molecule has 0 aromatic heterocycles. The lowest BCUT2D eigenvalue weighted by atomic mass is 10.0. The summed E-state index contributed by atoms with van der Waals surface area (Å²) in [5, 5.41) is 32.0. The van der Waals surface area contributed by atoms with E-state index < -0.39 is 54.3 Å². The van der Waals surface area contributed by atoms with E-state index in [1.54, 1.807) is 12.1 Å². The van der Waals surface area contributed by atoms with Gasteiger partial charge in [-0.25, -0.2) is 4.79 Å². The van der Waals surface area contributed by atoms with E-state index in [9.17, 15) is 29.4 Å². The van der Waals surface area contributed by atoms with Crippen LogP contribution in [0.1, 0.15) is 18.9 Å². The molecule has 0 heterocycles. The van der Waals surface area contributed by atoms with Gasteiger partial charge in [-0.15, -0.1) is 0 Å². The number of aliphatic carboxylic acids is 1. The highest BCUT2D eigenvalue weighted by Crippen LogP contribution is 2.11. The fraction of sp³-hybridized carbons (Fsp3) is 0.412. The van der Waals surface area contributed by atoms with Gasteiger partial charge < -0.3 is 37.4 Å². The number of carboxylic acid groups (broad SMARTS) is 1. The summed E-state index contributed by atoms with van der Waals surface area (Å²) in [6, 6.07) is 1.80. The molecule has 1 aromatic rings. The molecule has 0 aliphatic carbocycles. The Morgan fingerprint density at radius 1 is 1.07 bits per heavy atom. The monoisotopic (exact) mass is 396 g/mol. The highest BCUT2D eigenvalue weighted by Gasteiger charge is 2.31. The van der Waals surface area contributed by atoms with Crippen molar-refractivity contribution in [2.45, 2.75) is 44.0 Å². The second kappa shape index (κ2) is 10.2. The van der Waals surface area contributed by atoms with Gasteiger partial charge in [0.05, 0.1) is 18.6 Å². The molecule has 1 aromatic carbocycles. The fourth-order valence-electron chi connectivity index (χ4n) is 2.31. The van der Waals surface area contributed by atoms with Crippen LogP contribution >= 0.6 is 0 Å². The minimum Gasteiger partial charge on any atom is -0.508 e. The number of rotatable bonds is 10. The van der Waals surface area contributed by atoms with Gasteiger partial charge in [0, 0.05) is 0 Å². The number of aromatic hydroxyl groups is 1. The smallest absolute Gasteiger partial charge is 0.328 e. The van der Waals surface area contributed by atoms with E-state index in [-0.39, 0.29) is 12.2 Å². The molecule has 4 atom stereocenters. The largest absolute Gasteiger partial charge is 0.508 e. The number of aliphatic hydroxyl groups is 1. The van der Waals surface area contributed by atoms with E-state index in [2.05, 4.69) is 5.32 Å². The maximum absolute atomic E-state index is 12.3. The normalized spacial score (nSPS) is 15.0. The number of phenols is 1. The molecule has 28 heavy (non-hydrogen) atoms. The van der Waals surface area contributed by atoms with Gasteiger partial charge in [0.15, 0.2) is 6.04 Å². The van der Waals surface area contributed by atoms with Gasteiger partial charge in [-0.3, -0.25) is 14.4 Å². The van der Waals surface area contributed by atoms with Crippen LogP contribution in [0.3, 0.4) is 0 Å². The van der Waals surface area contributed by atoms with E-state index in [0.29, 0.717) is 5.56 Å². The van der Waals surface area contributed by atoms with Crippen molar-refractivity contribution in [3.8, 4) is 5.75 Å². The SMILES string of the molecule is CC(O)C(NC(=O)C(CC(N)=O)NC(=O)C(N)Cc1ccc(O)cc1)C(=O)O. The van der Waals surface area contributed by atoms with Crippen LogP contribution in [0.25, 0.3) is 0 Å². The van der Waals surface area contributed by atoms with Crippen molar-refractivity contribution in [2.24, 2.45) is 11.5 Å². The first-order valence-electron chi connectivity index (χ1n) is 8.34. The Balaban J connectivity index is 2.81. The van der Waals surface area contributed by atoms with Gasteiger partial charge in [-0.1, -0.05) is 12.1 Å². The van der Waals surface area contributed by atoms with Crippen molar-refractivity contribution in [1.82, 2.24) is 10.6 Å². The number of nitrogens with two attached hydrogens (primary N) is 2. The summed E-state index contributed by atoms with van der Waals surface area (Å²) < 4.78 is 0. The molecule has 4 unspecified atom stereocenters. The van der Waals surface area contributed by atoms with Gasteiger partial charge in [-0.2, -0.15) is 0 Å². The van der Waals surface area contributed by atoms with Gasteiger partial charge in [0.2, 0.25) is 17.7 Å². The number of carboxylic acids is 1. The fourth-order valence-corrected chi connectivity index (χ4v) is 2.31. The van der Waals surface area contributed by atoms with Crippen molar-refractivity contribution in [2.75, 3.05) is 0 Å². The van der Waals surface area contributed by atoms with E-state index in [0.717, 1.165) is 6.92 Å². The molecule has 9 N–H and O–H groups in total. The predicted octanol–water partition coefficient (Wildman–Crippen LogP) is -2.43. The lowest BCUT2D eigenvalue weighted by Gasteiger charge is -2.23. The zero-order chi connectivity index (χ0) is 21.4. The molecule has 0 fully saturated rings. The molecule has 0 radical (unpaired) electrons. The number of carbonyl (C=O) groups excluding carboxylic acids is 3. The van der Waals surface area contributed by atoms with Crippen LogP contribution in [0.5, 0.6) is 5.75 Å². The Bertz CT molecular complexity index is 721. The van der Waals surface area contributed by atoms with Crippen LogP contribution < -0.4 is 22.1 Å². The Morgan fingerprint density at radius 2 is 1.64 bits per heavy atom. The highest BCUT2D eigenvalue weighted by atomic mass is 16.4. The Kier molecular flexibility index (Phi) is 8.35. The third-order valence-electron chi connectivity index (χ3n) is 3.81. The van der Waals surface area contributed by atoms with Crippen LogP contribution in [-0.2, 0) is 25.6 Å². The summed E-state index contributed by atoms with van der Waals surface area (Å²) in [7, 11) is 0. The summed E-state index contributed by atoms with van der Waals surface area (Å²) in [5.41, 5.74) is 11.5. The lowest BCUT2D eigenvalue weighted by molar-refractivity contribution is -0.145. The Morgan fingerprint density at radius 3 is 2.11 bits per heavy atom. The minimum atomic E-state index is -1.63. The number of hydrogen-bond acceptors (Lipinski definition) is 7. The summed E-state index contributed by atoms with van der Waals surface area (Å²) >= 11 is 0. The molecule has 0 aliphatic rings. The number of aliphatic hydroxyl groups excluding tert-OH is 1. The summed E-state index contributed by atoms with van der Waals surface area (Å²) in [5.74, 6) is -4.12. The van der Waals surface area contributed by atoms with Crippen molar-refractivity contribution in [3.05, 3.63) is 29.8 Å². The average molecular weight is 396 g/mol. The van der Waals surface area contributed by atoms with E-state index >= 15 is 0 Å². The van der Waals surface area contributed by atoms with Gasteiger partial charge in [-0.05, 0) is 31.0 Å². The minimum absolute atomic E-state index is 0.0473. The summed E-state index contributed by atoms with van der Waals surface area (Å²) in [4.78, 5) is 46.9.